The molecule has 1 fully saturated rings. The first-order chi connectivity index (χ1) is 14.9. The van der Waals surface area contributed by atoms with Crippen LogP contribution in [-0.2, 0) is 22.6 Å². The number of rotatable bonds is 6. The fourth-order valence-electron chi connectivity index (χ4n) is 5.19. The van der Waals surface area contributed by atoms with Crippen molar-refractivity contribution >= 4 is 17.7 Å². The number of carbonyl (C=O) groups is 3. The van der Waals surface area contributed by atoms with Gasteiger partial charge in [-0.1, -0.05) is 19.3 Å². The van der Waals surface area contributed by atoms with Crippen LogP contribution in [0.5, 0.6) is 0 Å². The third-order valence-corrected chi connectivity index (χ3v) is 6.74. The number of fused-ring (bicyclic) bond motifs is 3. The molecule has 0 spiro atoms. The van der Waals surface area contributed by atoms with Gasteiger partial charge in [0.15, 0.2) is 0 Å². The summed E-state index contributed by atoms with van der Waals surface area (Å²) < 4.78 is 12.6. The average Bonchev–Trinajstić information content (AvgIpc) is 3.28. The number of nitrogens with zero attached hydrogens (tertiary/aromatic N) is 1. The summed E-state index contributed by atoms with van der Waals surface area (Å²) in [4.78, 5) is 38.4. The van der Waals surface area contributed by atoms with Crippen LogP contribution >= 0.6 is 0 Å². The molecule has 4 N–H and O–H groups in total. The van der Waals surface area contributed by atoms with Crippen molar-refractivity contribution in [2.24, 2.45) is 5.73 Å². The molecule has 2 heterocycles. The summed E-state index contributed by atoms with van der Waals surface area (Å²) in [7, 11) is 3.40. The van der Waals surface area contributed by atoms with Crippen LogP contribution in [0.3, 0.4) is 0 Å². The van der Waals surface area contributed by atoms with E-state index in [1.807, 2.05) is 11.6 Å². The van der Waals surface area contributed by atoms with Crippen molar-refractivity contribution in [2.75, 3.05) is 14.2 Å². The summed E-state index contributed by atoms with van der Waals surface area (Å²) in [5.41, 5.74) is 7.79. The molecule has 4 rings (SSSR count). The summed E-state index contributed by atoms with van der Waals surface area (Å²) in [6.45, 7) is 1.98. The Morgan fingerprint density at radius 3 is 2.52 bits per heavy atom. The molecular formula is C22H30N4O5. The normalized spacial score (nSPS) is 23.7. The minimum absolute atomic E-state index is 0.0772. The van der Waals surface area contributed by atoms with Crippen molar-refractivity contribution in [1.29, 1.82) is 0 Å². The predicted octanol–water partition coefficient (Wildman–Crippen LogP) is 1.95. The van der Waals surface area contributed by atoms with Gasteiger partial charge in [0.1, 0.15) is 18.4 Å². The Morgan fingerprint density at radius 2 is 1.90 bits per heavy atom. The van der Waals surface area contributed by atoms with Gasteiger partial charge in [-0.2, -0.15) is 0 Å². The molecule has 0 aromatic carbocycles. The molecule has 1 aliphatic heterocycles. The van der Waals surface area contributed by atoms with Crippen molar-refractivity contribution < 1.29 is 23.9 Å². The smallest absolute Gasteiger partial charge is 0.404 e. The van der Waals surface area contributed by atoms with Gasteiger partial charge < -0.3 is 30.4 Å². The van der Waals surface area contributed by atoms with E-state index in [-0.39, 0.29) is 30.3 Å². The number of Topliss-reactive ketones (excluding diaryl/α,β-unsaturated/α-hetero) is 2. The van der Waals surface area contributed by atoms with Gasteiger partial charge in [-0.05, 0) is 26.8 Å². The SMILES string of the molecule is CN[C@H]1Cn2c3c(c(COC(N)=O)c2[C@@H]1OC)C(=O)C(NC1CCCCC1)=C(C)C3=O. The number of ketones is 2. The minimum Gasteiger partial charge on any atom is -0.445 e. The highest BCUT2D eigenvalue weighted by atomic mass is 16.5. The fourth-order valence-corrected chi connectivity index (χ4v) is 5.19. The van der Waals surface area contributed by atoms with Crippen LogP contribution < -0.4 is 16.4 Å². The number of aromatic nitrogens is 1. The summed E-state index contributed by atoms with van der Waals surface area (Å²) in [6, 6.07) is 0.101. The van der Waals surface area contributed by atoms with Crippen molar-refractivity contribution in [3.05, 3.63) is 33.8 Å². The third kappa shape index (κ3) is 3.55. The van der Waals surface area contributed by atoms with Gasteiger partial charge in [0.25, 0.3) is 0 Å². The molecule has 9 nitrogen and oxygen atoms in total. The molecule has 2 aliphatic carbocycles. The van der Waals surface area contributed by atoms with Gasteiger partial charge in [-0.15, -0.1) is 0 Å². The van der Waals surface area contributed by atoms with E-state index < -0.39 is 12.2 Å². The first-order valence-corrected chi connectivity index (χ1v) is 10.8. The highest BCUT2D eigenvalue weighted by Crippen LogP contribution is 2.41. The second kappa shape index (κ2) is 8.47. The largest absolute Gasteiger partial charge is 0.445 e. The van der Waals surface area contributed by atoms with Gasteiger partial charge in [0, 0.05) is 30.8 Å². The molecule has 1 saturated carbocycles. The van der Waals surface area contributed by atoms with Gasteiger partial charge >= 0.3 is 6.09 Å². The van der Waals surface area contributed by atoms with Crippen LogP contribution in [0.25, 0.3) is 0 Å². The number of likely N-dealkylation sites (N-methyl/N-ethyl adjacent to an activating group) is 1. The molecule has 2 atom stereocenters. The topological polar surface area (TPSA) is 125 Å². The number of nitrogens with two attached hydrogens (primary N) is 1. The van der Waals surface area contributed by atoms with Gasteiger partial charge in [0.2, 0.25) is 11.6 Å². The van der Waals surface area contributed by atoms with Crippen molar-refractivity contribution in [3.63, 3.8) is 0 Å². The summed E-state index contributed by atoms with van der Waals surface area (Å²) in [6.07, 6.45) is 4.03. The van der Waals surface area contributed by atoms with E-state index in [1.54, 1.807) is 14.0 Å². The highest BCUT2D eigenvalue weighted by Gasteiger charge is 2.45. The lowest BCUT2D eigenvalue weighted by Gasteiger charge is -2.28. The zero-order valence-electron chi connectivity index (χ0n) is 18.2. The average molecular weight is 431 g/mol. The van der Waals surface area contributed by atoms with Crippen molar-refractivity contribution in [1.82, 2.24) is 15.2 Å². The lowest BCUT2D eigenvalue weighted by Crippen LogP contribution is -2.38. The second-order valence-electron chi connectivity index (χ2n) is 8.49. The Labute approximate surface area is 181 Å². The zero-order valence-corrected chi connectivity index (χ0v) is 18.2. The maximum absolute atomic E-state index is 13.6. The van der Waals surface area contributed by atoms with Gasteiger partial charge in [-0.25, -0.2) is 4.79 Å². The Morgan fingerprint density at radius 1 is 1.19 bits per heavy atom. The number of hydrogen-bond acceptors (Lipinski definition) is 7. The maximum atomic E-state index is 13.6. The van der Waals surface area contributed by atoms with Crippen LogP contribution in [0.1, 0.15) is 77.2 Å². The molecule has 0 bridgehead atoms. The first-order valence-electron chi connectivity index (χ1n) is 10.8. The molecule has 1 aromatic heterocycles. The fraction of sp³-hybridized carbons (Fsp3) is 0.591. The summed E-state index contributed by atoms with van der Waals surface area (Å²) >= 11 is 0. The van der Waals surface area contributed by atoms with Crippen LogP contribution in [0.4, 0.5) is 4.79 Å². The van der Waals surface area contributed by atoms with Gasteiger partial charge in [-0.3, -0.25) is 9.59 Å². The number of nitrogens with one attached hydrogen (secondary N) is 2. The Balaban J connectivity index is 1.80. The number of ether oxygens (including phenoxy) is 2. The molecule has 0 unspecified atom stereocenters. The van der Waals surface area contributed by atoms with E-state index in [1.165, 1.54) is 6.42 Å². The van der Waals surface area contributed by atoms with E-state index in [9.17, 15) is 14.4 Å². The minimum atomic E-state index is -0.937. The molecule has 1 aromatic rings. The number of amides is 1. The monoisotopic (exact) mass is 430 g/mol. The lowest BCUT2D eigenvalue weighted by atomic mass is 9.88. The predicted molar refractivity (Wildman–Crippen MR) is 113 cm³/mol. The van der Waals surface area contributed by atoms with E-state index in [0.717, 1.165) is 25.7 Å². The standard InChI is InChI=1S/C22H30N4O5/c1-11-16(25-12-7-5-4-6-8-12)20(28)15-13(10-31-22(23)29)17-21(30-3)14(24-2)9-26(17)18(15)19(11)27/h12,14,21,24-25H,4-10H2,1-3H3,(H2,23,29)/t14-,21+/m0/s1. The molecule has 1 amide bonds. The Hall–Kier alpha value is -2.65. The number of primary amides is 1. The summed E-state index contributed by atoms with van der Waals surface area (Å²) in [5.74, 6) is -0.426. The number of allylic oxidation sites excluding steroid dienone is 2. The first kappa shape index (κ1) is 21.6. The van der Waals surface area contributed by atoms with E-state index in [4.69, 9.17) is 15.2 Å². The molecule has 31 heavy (non-hydrogen) atoms. The molecule has 3 aliphatic rings. The van der Waals surface area contributed by atoms with Gasteiger partial charge in [0.05, 0.1) is 23.0 Å². The van der Waals surface area contributed by atoms with E-state index >= 15 is 0 Å². The summed E-state index contributed by atoms with van der Waals surface area (Å²) in [5, 5.41) is 6.55. The third-order valence-electron chi connectivity index (χ3n) is 6.74. The maximum Gasteiger partial charge on any atom is 0.404 e. The Bertz CT molecular complexity index is 958. The van der Waals surface area contributed by atoms with Crippen LogP contribution in [0.2, 0.25) is 0 Å². The molecular weight excluding hydrogens is 400 g/mol. The van der Waals surface area contributed by atoms with Crippen LogP contribution in [0.15, 0.2) is 11.3 Å². The number of hydrogen-bond donors (Lipinski definition) is 3. The number of methoxy groups -OCH3 is 1. The molecule has 0 radical (unpaired) electrons. The molecule has 9 heteroatoms. The van der Waals surface area contributed by atoms with Crippen molar-refractivity contribution in [3.8, 4) is 0 Å². The zero-order chi connectivity index (χ0) is 22.3. The molecule has 0 saturated heterocycles. The van der Waals surface area contributed by atoms with E-state index in [2.05, 4.69) is 10.6 Å². The lowest BCUT2D eigenvalue weighted by molar-refractivity contribution is 0.0783. The quantitative estimate of drug-likeness (QED) is 0.630. The second-order valence-corrected chi connectivity index (χ2v) is 8.49. The van der Waals surface area contributed by atoms with E-state index in [0.29, 0.717) is 40.3 Å². The molecule has 168 valence electrons. The Kier molecular flexibility index (Phi) is 5.90. The van der Waals surface area contributed by atoms with Crippen LogP contribution in [-0.4, -0.2) is 48.5 Å². The highest BCUT2D eigenvalue weighted by molar-refractivity contribution is 6.26. The van der Waals surface area contributed by atoms with Crippen LogP contribution in [0, 0.1) is 0 Å². The number of carbonyl (C=O) groups excluding carboxylic acids is 3. The van der Waals surface area contributed by atoms with Crippen molar-refractivity contribution in [2.45, 2.75) is 70.4 Å².